The Labute approximate surface area is 182 Å². The molecule has 11 heteroatoms. The highest BCUT2D eigenvalue weighted by Gasteiger charge is 2.22. The molecule has 0 radical (unpaired) electrons. The van der Waals surface area contributed by atoms with E-state index in [9.17, 15) is 17.2 Å². The fourth-order valence-electron chi connectivity index (χ4n) is 2.97. The van der Waals surface area contributed by atoms with E-state index < -0.39 is 26.6 Å². The topological polar surface area (TPSA) is 98.5 Å². The minimum absolute atomic E-state index is 0.0391. The number of ether oxygens (including phenoxy) is 1. The number of halogens is 2. The molecule has 1 aromatic carbocycles. The third kappa shape index (κ3) is 3.95. The van der Waals surface area contributed by atoms with E-state index in [0.29, 0.717) is 28.5 Å². The lowest BCUT2D eigenvalue weighted by molar-refractivity contribution is 0.400. The molecule has 3 heterocycles. The molecule has 0 fully saturated rings. The Morgan fingerprint density at radius 2 is 1.97 bits per heavy atom. The molecule has 0 spiro atoms. The Kier molecular flexibility index (Phi) is 5.46. The van der Waals surface area contributed by atoms with Crippen molar-refractivity contribution in [3.05, 3.63) is 66.1 Å². The lowest BCUT2D eigenvalue weighted by Crippen LogP contribution is -2.16. The first-order valence-electron chi connectivity index (χ1n) is 9.12. The molecule has 0 aliphatic heterocycles. The molecule has 0 aliphatic carbocycles. The van der Waals surface area contributed by atoms with Crippen LogP contribution in [0, 0.1) is 23.5 Å². The number of sulfonamides is 1. The lowest BCUT2D eigenvalue weighted by Gasteiger charge is -2.13. The van der Waals surface area contributed by atoms with Gasteiger partial charge in [-0.2, -0.15) is 5.10 Å². The quantitative estimate of drug-likeness (QED) is 0.464. The maximum Gasteiger partial charge on any atom is 0.264 e. The molecule has 0 atom stereocenters. The fourth-order valence-corrected chi connectivity index (χ4v) is 4.08. The summed E-state index contributed by atoms with van der Waals surface area (Å²) in [7, 11) is -3.09. The Morgan fingerprint density at radius 3 is 2.69 bits per heavy atom. The standard InChI is InChI=1S/C21H15F2N5O3S/c1-3-4-13-12-25-28-8-7-17(26-20(13)28)14-9-18(21(31-2)24-11-14)27-32(29,30)19-6-5-15(22)10-16(19)23/h5-12,27H,1-2H3. The Morgan fingerprint density at radius 1 is 1.16 bits per heavy atom. The summed E-state index contributed by atoms with van der Waals surface area (Å²) >= 11 is 0. The second kappa shape index (κ2) is 8.24. The molecule has 32 heavy (non-hydrogen) atoms. The second-order valence-electron chi connectivity index (χ2n) is 6.48. The van der Waals surface area contributed by atoms with Gasteiger partial charge in [-0.15, -0.1) is 5.92 Å². The molecular weight excluding hydrogens is 440 g/mol. The van der Waals surface area contributed by atoms with E-state index in [4.69, 9.17) is 4.74 Å². The molecule has 3 aromatic heterocycles. The summed E-state index contributed by atoms with van der Waals surface area (Å²) in [6.45, 7) is 1.70. The number of rotatable bonds is 5. The molecule has 0 unspecified atom stereocenters. The number of anilines is 1. The van der Waals surface area contributed by atoms with E-state index >= 15 is 0 Å². The first-order valence-corrected chi connectivity index (χ1v) is 10.6. The van der Waals surface area contributed by atoms with Crippen molar-refractivity contribution in [2.24, 2.45) is 0 Å². The maximum absolute atomic E-state index is 14.1. The SMILES string of the molecule is CC#Cc1cnn2ccc(-c3cnc(OC)c(NS(=O)(=O)c4ccc(F)cc4F)c3)nc12. The molecule has 1 N–H and O–H groups in total. The number of nitrogens with zero attached hydrogens (tertiary/aromatic N) is 4. The molecule has 0 amide bonds. The van der Waals surface area contributed by atoms with Gasteiger partial charge in [0.15, 0.2) is 5.65 Å². The minimum atomic E-state index is -4.40. The molecular formula is C21H15F2N5O3S. The van der Waals surface area contributed by atoms with Crippen LogP contribution in [0.25, 0.3) is 16.9 Å². The summed E-state index contributed by atoms with van der Waals surface area (Å²) in [6.07, 6.45) is 4.72. The van der Waals surface area contributed by atoms with E-state index in [0.717, 1.165) is 12.1 Å². The zero-order chi connectivity index (χ0) is 22.9. The summed E-state index contributed by atoms with van der Waals surface area (Å²) in [6, 6.07) is 5.30. The summed E-state index contributed by atoms with van der Waals surface area (Å²) in [4.78, 5) is 7.94. The van der Waals surface area contributed by atoms with E-state index in [2.05, 4.69) is 31.6 Å². The number of pyridine rings is 1. The number of hydrogen-bond donors (Lipinski definition) is 1. The van der Waals surface area contributed by atoms with Crippen LogP contribution in [0.15, 0.2) is 53.8 Å². The maximum atomic E-state index is 14.1. The van der Waals surface area contributed by atoms with Gasteiger partial charge in [0.2, 0.25) is 5.88 Å². The predicted molar refractivity (Wildman–Crippen MR) is 112 cm³/mol. The number of benzene rings is 1. The average molecular weight is 455 g/mol. The van der Waals surface area contributed by atoms with Crippen molar-refractivity contribution in [3.63, 3.8) is 0 Å². The average Bonchev–Trinajstić information content (AvgIpc) is 3.15. The molecule has 8 nitrogen and oxygen atoms in total. The largest absolute Gasteiger partial charge is 0.480 e. The zero-order valence-electron chi connectivity index (χ0n) is 16.8. The molecule has 0 saturated carbocycles. The summed E-state index contributed by atoms with van der Waals surface area (Å²) in [5.74, 6) is 3.55. The second-order valence-corrected chi connectivity index (χ2v) is 8.13. The van der Waals surface area contributed by atoms with Crippen LogP contribution in [0.1, 0.15) is 12.5 Å². The van der Waals surface area contributed by atoms with E-state index in [1.807, 2.05) is 0 Å². The first-order chi connectivity index (χ1) is 15.3. The Bertz CT molecular complexity index is 1510. The zero-order valence-corrected chi connectivity index (χ0v) is 17.6. The minimum Gasteiger partial charge on any atom is -0.480 e. The third-order valence-corrected chi connectivity index (χ3v) is 5.80. The van der Waals surface area contributed by atoms with Crippen molar-refractivity contribution >= 4 is 21.4 Å². The van der Waals surface area contributed by atoms with Gasteiger partial charge in [0.25, 0.3) is 10.0 Å². The summed E-state index contributed by atoms with van der Waals surface area (Å²) in [5.41, 5.74) is 2.03. The number of fused-ring (bicyclic) bond motifs is 1. The third-order valence-electron chi connectivity index (χ3n) is 4.40. The van der Waals surface area contributed by atoms with Crippen LogP contribution in [0.4, 0.5) is 14.5 Å². The van der Waals surface area contributed by atoms with Crippen LogP contribution in [0.5, 0.6) is 5.88 Å². The van der Waals surface area contributed by atoms with E-state index in [1.165, 1.54) is 19.4 Å². The van der Waals surface area contributed by atoms with Crippen LogP contribution >= 0.6 is 0 Å². The van der Waals surface area contributed by atoms with Gasteiger partial charge in [0.05, 0.1) is 24.6 Å². The summed E-state index contributed by atoms with van der Waals surface area (Å²) < 4.78 is 61.6. The smallest absolute Gasteiger partial charge is 0.264 e. The molecule has 4 rings (SSSR count). The normalized spacial score (nSPS) is 11.1. The molecule has 0 bridgehead atoms. The van der Waals surface area contributed by atoms with Crippen molar-refractivity contribution in [1.29, 1.82) is 0 Å². The van der Waals surface area contributed by atoms with Gasteiger partial charge in [0, 0.05) is 24.0 Å². The van der Waals surface area contributed by atoms with Crippen molar-refractivity contribution in [2.45, 2.75) is 11.8 Å². The van der Waals surface area contributed by atoms with Crippen molar-refractivity contribution in [1.82, 2.24) is 19.6 Å². The Hall–Kier alpha value is -4.04. The number of aromatic nitrogens is 4. The number of nitrogens with one attached hydrogen (secondary N) is 1. The highest BCUT2D eigenvalue weighted by molar-refractivity contribution is 7.92. The van der Waals surface area contributed by atoms with Crippen molar-refractivity contribution < 1.29 is 21.9 Å². The highest BCUT2D eigenvalue weighted by Crippen LogP contribution is 2.30. The molecule has 0 aliphatic rings. The van der Waals surface area contributed by atoms with Crippen LogP contribution in [0.2, 0.25) is 0 Å². The monoisotopic (exact) mass is 455 g/mol. The van der Waals surface area contributed by atoms with Gasteiger partial charge in [0.1, 0.15) is 22.2 Å². The van der Waals surface area contributed by atoms with Crippen LogP contribution in [-0.2, 0) is 10.0 Å². The lowest BCUT2D eigenvalue weighted by atomic mass is 10.2. The predicted octanol–water partition coefficient (Wildman–Crippen LogP) is 3.25. The van der Waals surface area contributed by atoms with Gasteiger partial charge >= 0.3 is 0 Å². The van der Waals surface area contributed by atoms with Gasteiger partial charge in [-0.1, -0.05) is 5.92 Å². The van der Waals surface area contributed by atoms with Crippen molar-refractivity contribution in [3.8, 4) is 29.0 Å². The molecule has 0 saturated heterocycles. The van der Waals surface area contributed by atoms with Crippen LogP contribution < -0.4 is 9.46 Å². The molecule has 4 aromatic rings. The number of methoxy groups -OCH3 is 1. The van der Waals surface area contributed by atoms with E-state index in [1.54, 1.807) is 29.9 Å². The number of hydrogen-bond acceptors (Lipinski definition) is 6. The Balaban J connectivity index is 1.77. The van der Waals surface area contributed by atoms with Crippen molar-refractivity contribution in [2.75, 3.05) is 11.8 Å². The van der Waals surface area contributed by atoms with Crippen LogP contribution in [0.3, 0.4) is 0 Å². The first kappa shape index (κ1) is 21.2. The highest BCUT2D eigenvalue weighted by atomic mass is 32.2. The van der Waals surface area contributed by atoms with Gasteiger partial charge in [-0.3, -0.25) is 4.72 Å². The fraction of sp³-hybridized carbons (Fsp3) is 0.0952. The van der Waals surface area contributed by atoms with Gasteiger partial charge in [-0.25, -0.2) is 31.7 Å². The van der Waals surface area contributed by atoms with Crippen LogP contribution in [-0.4, -0.2) is 35.1 Å². The summed E-state index contributed by atoms with van der Waals surface area (Å²) in [5, 5.41) is 4.18. The van der Waals surface area contributed by atoms with Gasteiger partial charge < -0.3 is 4.74 Å². The molecule has 162 valence electrons. The van der Waals surface area contributed by atoms with Gasteiger partial charge in [-0.05, 0) is 31.2 Å². The van der Waals surface area contributed by atoms with E-state index in [-0.39, 0.29) is 11.6 Å².